The molecule has 0 aromatic carbocycles. The van der Waals surface area contributed by atoms with E-state index < -0.39 is 0 Å². The van der Waals surface area contributed by atoms with E-state index in [0.717, 1.165) is 50.7 Å². The van der Waals surface area contributed by atoms with Gasteiger partial charge in [0.15, 0.2) is 0 Å². The Kier molecular flexibility index (Phi) is 6.11. The van der Waals surface area contributed by atoms with Crippen molar-refractivity contribution in [2.45, 2.75) is 58.6 Å². The van der Waals surface area contributed by atoms with Crippen LogP contribution in [0.15, 0.2) is 0 Å². The molecule has 1 N–H and O–H groups in total. The first kappa shape index (κ1) is 15.3. The lowest BCUT2D eigenvalue weighted by Gasteiger charge is -2.35. The third kappa shape index (κ3) is 4.73. The van der Waals surface area contributed by atoms with E-state index in [9.17, 15) is 0 Å². The molecule has 2 rings (SSSR count). The van der Waals surface area contributed by atoms with Crippen LogP contribution >= 0.6 is 0 Å². The minimum atomic E-state index is 0.400. The van der Waals surface area contributed by atoms with Crippen molar-refractivity contribution in [3.05, 3.63) is 0 Å². The molecule has 2 fully saturated rings. The van der Waals surface area contributed by atoms with Crippen molar-refractivity contribution in [2.24, 2.45) is 11.8 Å². The fraction of sp³-hybridized carbons (Fsp3) is 1.00. The van der Waals surface area contributed by atoms with Crippen molar-refractivity contribution in [3.63, 3.8) is 0 Å². The van der Waals surface area contributed by atoms with Crippen LogP contribution in [0.3, 0.4) is 0 Å². The first-order valence-corrected chi connectivity index (χ1v) is 8.26. The van der Waals surface area contributed by atoms with Gasteiger partial charge < -0.3 is 10.1 Å². The number of nitrogens with one attached hydrogen (secondary N) is 1. The summed E-state index contributed by atoms with van der Waals surface area (Å²) in [5.41, 5.74) is 0. The predicted octanol–water partition coefficient (Wildman–Crippen LogP) is 2.51. The van der Waals surface area contributed by atoms with Gasteiger partial charge in [-0.3, -0.25) is 4.90 Å². The molecule has 0 spiro atoms. The van der Waals surface area contributed by atoms with Gasteiger partial charge in [-0.25, -0.2) is 0 Å². The van der Waals surface area contributed by atoms with Crippen LogP contribution in [0.25, 0.3) is 0 Å². The maximum atomic E-state index is 5.86. The summed E-state index contributed by atoms with van der Waals surface area (Å²) in [7, 11) is 0. The number of nitrogens with zero attached hydrogens (tertiary/aromatic N) is 1. The second-order valence-electron chi connectivity index (χ2n) is 6.65. The fourth-order valence-corrected chi connectivity index (χ4v) is 3.48. The molecule has 0 aromatic rings. The zero-order valence-corrected chi connectivity index (χ0v) is 13.0. The lowest BCUT2D eigenvalue weighted by Crippen LogP contribution is -2.48. The van der Waals surface area contributed by atoms with E-state index in [2.05, 4.69) is 31.0 Å². The van der Waals surface area contributed by atoms with Crippen LogP contribution in [0.5, 0.6) is 0 Å². The Morgan fingerprint density at radius 2 is 1.95 bits per heavy atom. The molecular formula is C16H32N2O. The minimum absolute atomic E-state index is 0.400. The van der Waals surface area contributed by atoms with E-state index >= 15 is 0 Å². The second-order valence-corrected chi connectivity index (χ2v) is 6.65. The number of hydrogen-bond donors (Lipinski definition) is 1. The summed E-state index contributed by atoms with van der Waals surface area (Å²) >= 11 is 0. The van der Waals surface area contributed by atoms with Crippen molar-refractivity contribution in [2.75, 3.05) is 32.8 Å². The summed E-state index contributed by atoms with van der Waals surface area (Å²) in [5.74, 6) is 1.82. The highest BCUT2D eigenvalue weighted by atomic mass is 16.5. The molecule has 2 aliphatic rings. The molecule has 3 nitrogen and oxygen atoms in total. The van der Waals surface area contributed by atoms with Crippen LogP contribution in [0, 0.1) is 11.8 Å². The number of hydrogen-bond acceptors (Lipinski definition) is 3. The van der Waals surface area contributed by atoms with Gasteiger partial charge in [-0.2, -0.15) is 0 Å². The first-order chi connectivity index (χ1) is 9.19. The molecule has 1 atom stereocenters. The molecule has 1 aliphatic heterocycles. The van der Waals surface area contributed by atoms with Gasteiger partial charge >= 0.3 is 0 Å². The largest absolute Gasteiger partial charge is 0.374 e. The van der Waals surface area contributed by atoms with E-state index in [1.807, 2.05) is 0 Å². The van der Waals surface area contributed by atoms with E-state index in [0.29, 0.717) is 6.10 Å². The number of rotatable bonds is 5. The van der Waals surface area contributed by atoms with Gasteiger partial charge in [0.25, 0.3) is 0 Å². The molecule has 1 heterocycles. The zero-order valence-electron chi connectivity index (χ0n) is 13.0. The molecule has 19 heavy (non-hydrogen) atoms. The fourth-order valence-electron chi connectivity index (χ4n) is 3.48. The smallest absolute Gasteiger partial charge is 0.0826 e. The average Bonchev–Trinajstić information content (AvgIpc) is 2.46. The normalized spacial score (nSPS) is 33.8. The zero-order chi connectivity index (χ0) is 13.7. The van der Waals surface area contributed by atoms with Crippen LogP contribution in [0.4, 0.5) is 0 Å². The molecule has 3 heteroatoms. The Hall–Kier alpha value is -0.120. The molecular weight excluding hydrogens is 236 g/mol. The van der Waals surface area contributed by atoms with Crippen LogP contribution in [-0.2, 0) is 4.74 Å². The molecule has 0 bridgehead atoms. The van der Waals surface area contributed by atoms with Gasteiger partial charge in [-0.1, -0.05) is 20.8 Å². The monoisotopic (exact) mass is 268 g/mol. The summed E-state index contributed by atoms with van der Waals surface area (Å²) in [6.45, 7) is 12.3. The van der Waals surface area contributed by atoms with Crippen LogP contribution < -0.4 is 5.32 Å². The molecule has 0 aromatic heterocycles. The third-order valence-corrected chi connectivity index (χ3v) is 5.02. The maximum Gasteiger partial charge on any atom is 0.0826 e. The van der Waals surface area contributed by atoms with E-state index in [4.69, 9.17) is 4.74 Å². The Bertz CT molecular complexity index is 249. The summed E-state index contributed by atoms with van der Waals surface area (Å²) in [6.07, 6.45) is 5.92. The van der Waals surface area contributed by atoms with Gasteiger partial charge in [-0.15, -0.1) is 0 Å². The van der Waals surface area contributed by atoms with Crippen molar-refractivity contribution >= 4 is 0 Å². The van der Waals surface area contributed by atoms with E-state index in [1.54, 1.807) is 0 Å². The van der Waals surface area contributed by atoms with Gasteiger partial charge in [0.05, 0.1) is 12.7 Å². The lowest BCUT2D eigenvalue weighted by atomic mass is 9.80. The van der Waals surface area contributed by atoms with Crippen molar-refractivity contribution in [3.8, 4) is 0 Å². The van der Waals surface area contributed by atoms with Crippen molar-refractivity contribution < 1.29 is 4.74 Å². The van der Waals surface area contributed by atoms with Crippen molar-refractivity contribution in [1.29, 1.82) is 0 Å². The summed E-state index contributed by atoms with van der Waals surface area (Å²) in [6, 6.07) is 0.732. The third-order valence-electron chi connectivity index (χ3n) is 5.02. The van der Waals surface area contributed by atoms with Crippen LogP contribution in [0.1, 0.15) is 46.5 Å². The highest BCUT2D eigenvalue weighted by molar-refractivity contribution is 4.81. The number of likely N-dealkylation sites (N-methyl/N-ethyl adjacent to an activating group) is 1. The molecule has 1 unspecified atom stereocenters. The molecule has 1 saturated heterocycles. The number of ether oxygens (including phenoxy) is 1. The topological polar surface area (TPSA) is 24.5 Å². The highest BCUT2D eigenvalue weighted by Crippen LogP contribution is 2.29. The maximum absolute atomic E-state index is 5.86. The first-order valence-electron chi connectivity index (χ1n) is 8.26. The highest BCUT2D eigenvalue weighted by Gasteiger charge is 2.24. The van der Waals surface area contributed by atoms with Gasteiger partial charge in [0.2, 0.25) is 0 Å². The standard InChI is InChI=1S/C16H32N2O/c1-4-18-9-10-19-16(12-18)11-17-15-7-5-14(6-8-15)13(2)3/h13-17H,4-12H2,1-3H3. The molecule has 0 amide bonds. The Labute approximate surface area is 119 Å². The average molecular weight is 268 g/mol. The Balaban J connectivity index is 1.63. The lowest BCUT2D eigenvalue weighted by molar-refractivity contribution is -0.0270. The quantitative estimate of drug-likeness (QED) is 0.829. The molecule has 112 valence electrons. The molecule has 1 aliphatic carbocycles. The number of morpholine rings is 1. The summed E-state index contributed by atoms with van der Waals surface area (Å²) in [5, 5.41) is 3.74. The summed E-state index contributed by atoms with van der Waals surface area (Å²) in [4.78, 5) is 2.49. The van der Waals surface area contributed by atoms with Gasteiger partial charge in [0.1, 0.15) is 0 Å². The summed E-state index contributed by atoms with van der Waals surface area (Å²) < 4.78 is 5.86. The SMILES string of the molecule is CCN1CCOC(CNC2CCC(C(C)C)CC2)C1. The second kappa shape index (κ2) is 7.61. The molecule has 0 radical (unpaired) electrons. The van der Waals surface area contributed by atoms with Crippen LogP contribution in [0.2, 0.25) is 0 Å². The van der Waals surface area contributed by atoms with Crippen LogP contribution in [-0.4, -0.2) is 49.8 Å². The van der Waals surface area contributed by atoms with Crippen molar-refractivity contribution in [1.82, 2.24) is 10.2 Å². The minimum Gasteiger partial charge on any atom is -0.374 e. The molecule has 1 saturated carbocycles. The Morgan fingerprint density at radius 1 is 1.21 bits per heavy atom. The van der Waals surface area contributed by atoms with E-state index in [1.165, 1.54) is 25.7 Å². The Morgan fingerprint density at radius 3 is 2.58 bits per heavy atom. The van der Waals surface area contributed by atoms with Gasteiger partial charge in [0, 0.05) is 25.7 Å². The predicted molar refractivity (Wildman–Crippen MR) is 80.4 cm³/mol. The van der Waals surface area contributed by atoms with E-state index in [-0.39, 0.29) is 0 Å². The van der Waals surface area contributed by atoms with Gasteiger partial charge in [-0.05, 0) is 44.1 Å².